The second-order valence-corrected chi connectivity index (χ2v) is 31.3. The maximum Gasteiger partial charge on any atom is 0.416 e. The second kappa shape index (κ2) is 25.6. The van der Waals surface area contributed by atoms with E-state index in [1.54, 1.807) is 36.7 Å². The summed E-state index contributed by atoms with van der Waals surface area (Å²) in [5.74, 6) is 0. The zero-order valence-corrected chi connectivity index (χ0v) is 56.4. The third-order valence-electron chi connectivity index (χ3n) is 19.5. The topological polar surface area (TPSA) is 150 Å². The van der Waals surface area contributed by atoms with Crippen LogP contribution in [0, 0.1) is 0 Å². The summed E-state index contributed by atoms with van der Waals surface area (Å²) in [5.41, 5.74) is 12.9. The highest BCUT2D eigenvalue weighted by atomic mass is 32.2. The Hall–Kier alpha value is -7.99. The smallest absolute Gasteiger partial charge is 0.374 e. The quantitative estimate of drug-likeness (QED) is 0.135. The number of para-hydroxylation sites is 1. The number of benzene rings is 5. The van der Waals surface area contributed by atoms with E-state index in [-0.39, 0.29) is 10.4 Å². The summed E-state index contributed by atoms with van der Waals surface area (Å²) in [5, 5.41) is 2.17. The highest BCUT2D eigenvalue weighted by Crippen LogP contribution is 2.41. The Bertz CT molecular complexity index is 4890. The largest absolute Gasteiger partial charge is 0.416 e. The van der Waals surface area contributed by atoms with E-state index < -0.39 is 41.8 Å². The van der Waals surface area contributed by atoms with Crippen molar-refractivity contribution >= 4 is 96.7 Å². The average molecular weight is 1330 g/mol. The molecule has 0 atom stereocenters. The van der Waals surface area contributed by atoms with Gasteiger partial charge in [-0.1, -0.05) is 48.6 Å². The van der Waals surface area contributed by atoms with Gasteiger partial charge in [-0.3, -0.25) is 0 Å². The van der Waals surface area contributed by atoms with Crippen molar-refractivity contribution in [3.05, 3.63) is 191 Å². The number of alkyl halides is 3. The Morgan fingerprint density at radius 2 is 0.840 bits per heavy atom. The molecule has 0 spiro atoms. The summed E-state index contributed by atoms with van der Waals surface area (Å²) in [6.07, 6.45) is 17.0. The molecule has 4 aromatic heterocycles. The van der Waals surface area contributed by atoms with Crippen molar-refractivity contribution in [2.24, 2.45) is 0 Å². The molecule has 94 heavy (non-hydrogen) atoms. The van der Waals surface area contributed by atoms with Crippen molar-refractivity contribution in [3.8, 4) is 0 Å². The minimum Gasteiger partial charge on any atom is -0.374 e. The SMILES string of the molecule is CN1CC=C(c2cn(S(=O)(=O)c3ccc4c(c3)CCCN4C)c3ccccc23)CC1.CN1CC=C(c2cn(S(=O)(=O)c3ccc4c(c3)N(C)CCC4)c3ccc(C(F)(F)F)cc23)CC1.CN1CC=C(c2cn(S(=O)(=O)c3ccc4c(c3)N(C)CCC4)c3ncccc23)CC1. The molecule has 5 aromatic carbocycles. The van der Waals surface area contributed by atoms with Gasteiger partial charge < -0.3 is 29.4 Å². The van der Waals surface area contributed by atoms with Gasteiger partial charge in [0.05, 0.1) is 31.3 Å². The molecule has 22 heteroatoms. The highest BCUT2D eigenvalue weighted by molar-refractivity contribution is 7.90. The number of pyridine rings is 1. The van der Waals surface area contributed by atoms with Crippen LogP contribution in [0.5, 0.6) is 0 Å². The van der Waals surface area contributed by atoms with Crippen LogP contribution in [0.2, 0.25) is 0 Å². The number of likely N-dealkylation sites (N-methyl/N-ethyl adjacent to an activating group) is 3. The first kappa shape index (κ1) is 64.7. The van der Waals surface area contributed by atoms with Crippen LogP contribution in [0.4, 0.5) is 30.2 Å². The van der Waals surface area contributed by atoms with E-state index in [2.05, 4.69) is 62.8 Å². The number of hydrogen-bond donors (Lipinski definition) is 0. The Labute approximate surface area is 549 Å². The molecule has 16 nitrogen and oxygen atoms in total. The third-order valence-corrected chi connectivity index (χ3v) is 24.5. The van der Waals surface area contributed by atoms with E-state index in [0.717, 1.165) is 181 Å². The van der Waals surface area contributed by atoms with Gasteiger partial charge in [-0.2, -0.15) is 13.2 Å². The minimum absolute atomic E-state index is 0.126. The van der Waals surface area contributed by atoms with Crippen molar-refractivity contribution < 1.29 is 38.4 Å². The van der Waals surface area contributed by atoms with Crippen molar-refractivity contribution in [2.45, 2.75) is 78.7 Å². The maximum absolute atomic E-state index is 13.8. The van der Waals surface area contributed by atoms with Gasteiger partial charge in [0.2, 0.25) is 0 Å². The number of aryl methyl sites for hydroxylation is 3. The molecule has 0 radical (unpaired) electrons. The first-order valence-corrected chi connectivity index (χ1v) is 36.5. The molecular formula is C72H79F3N10O6S3. The Morgan fingerprint density at radius 1 is 0.404 bits per heavy atom. The van der Waals surface area contributed by atoms with Crippen LogP contribution >= 0.6 is 0 Å². The fourth-order valence-corrected chi connectivity index (χ4v) is 18.2. The fraction of sp³-hybridized carbons (Fsp3) is 0.347. The van der Waals surface area contributed by atoms with E-state index in [1.165, 1.54) is 36.9 Å². The summed E-state index contributed by atoms with van der Waals surface area (Å²) in [4.78, 5) is 18.2. The van der Waals surface area contributed by atoms with Gasteiger partial charge in [0.15, 0.2) is 5.65 Å². The molecule has 0 fully saturated rings. The molecule has 0 aliphatic carbocycles. The lowest BCUT2D eigenvalue weighted by Gasteiger charge is -2.28. The van der Waals surface area contributed by atoms with Crippen LogP contribution < -0.4 is 14.7 Å². The van der Waals surface area contributed by atoms with Gasteiger partial charge >= 0.3 is 6.18 Å². The number of aromatic nitrogens is 4. The minimum atomic E-state index is -4.52. The molecule has 15 rings (SSSR count). The predicted molar refractivity (Wildman–Crippen MR) is 371 cm³/mol. The molecule has 0 saturated carbocycles. The molecule has 6 aliphatic heterocycles. The molecule has 9 aromatic rings. The molecule has 0 bridgehead atoms. The molecule has 0 saturated heterocycles. The van der Waals surface area contributed by atoms with E-state index >= 15 is 0 Å². The molecule has 492 valence electrons. The van der Waals surface area contributed by atoms with Crippen molar-refractivity contribution in [3.63, 3.8) is 0 Å². The molecule has 6 aliphatic rings. The van der Waals surface area contributed by atoms with Crippen LogP contribution in [0.25, 0.3) is 49.6 Å². The highest BCUT2D eigenvalue weighted by Gasteiger charge is 2.34. The van der Waals surface area contributed by atoms with E-state index in [4.69, 9.17) is 0 Å². The van der Waals surface area contributed by atoms with E-state index in [9.17, 15) is 38.4 Å². The van der Waals surface area contributed by atoms with Crippen LogP contribution in [0.15, 0.2) is 167 Å². The lowest BCUT2D eigenvalue weighted by molar-refractivity contribution is -0.137. The Kier molecular flexibility index (Phi) is 17.6. The summed E-state index contributed by atoms with van der Waals surface area (Å²) in [7, 11) is 0.708. The Balaban J connectivity index is 0.000000128. The standard InChI is InChI=1S/C25H26F3N3O2S.C24H27N3O2S.C23H26N4O2S/c1-29-12-9-17(10-13-29)22-16-31(23-8-6-19(14-21(22)23)25(26,27)28)34(32,33)20-7-5-18-4-3-11-30(2)24(18)15-20;1-25-14-11-18(12-15-25)22-17-27(24-8-4-3-7-21(22)24)30(28,29)20-9-10-23-19(16-20)6-5-13-26(23)2;1-25-13-9-17(10-14-25)21-16-27(23-20(21)6-3-11-24-23)30(28,29)19-8-7-18-5-4-12-26(2)22(18)15-19/h5-9,14-16H,3-4,10-13H2,1-2H3;3-4,7-11,16-17H,5-6,12-15H2,1-2H3;3,6-9,11,15-16H,4-5,10,12-14H2,1-2H3. The summed E-state index contributed by atoms with van der Waals surface area (Å²) in [6, 6.07) is 31.1. The molecule has 0 N–H and O–H groups in total. The van der Waals surface area contributed by atoms with Crippen LogP contribution in [0.3, 0.4) is 0 Å². The van der Waals surface area contributed by atoms with Gasteiger partial charge in [-0.05, 0) is 191 Å². The van der Waals surface area contributed by atoms with E-state index in [0.29, 0.717) is 39.4 Å². The number of halogens is 3. The number of hydrogen-bond acceptors (Lipinski definition) is 13. The number of anilines is 3. The van der Waals surface area contributed by atoms with Crippen molar-refractivity contribution in [1.29, 1.82) is 0 Å². The van der Waals surface area contributed by atoms with Gasteiger partial charge in [0, 0.05) is 155 Å². The molecule has 10 heterocycles. The third kappa shape index (κ3) is 12.4. The van der Waals surface area contributed by atoms with Crippen LogP contribution in [-0.4, -0.2) is 158 Å². The number of fused-ring (bicyclic) bond motifs is 6. The second-order valence-electron chi connectivity index (χ2n) is 25.8. The summed E-state index contributed by atoms with van der Waals surface area (Å²) < 4.78 is 127. The van der Waals surface area contributed by atoms with Crippen LogP contribution in [-0.2, 0) is 55.5 Å². The normalized spacial score (nSPS) is 17.8. The van der Waals surface area contributed by atoms with Gasteiger partial charge in [-0.15, -0.1) is 0 Å². The molecular weight excluding hydrogens is 1250 g/mol. The summed E-state index contributed by atoms with van der Waals surface area (Å²) in [6.45, 7) is 7.90. The zero-order chi connectivity index (χ0) is 66.0. The van der Waals surface area contributed by atoms with Crippen molar-refractivity contribution in [1.82, 2.24) is 31.6 Å². The van der Waals surface area contributed by atoms with Gasteiger partial charge in [0.1, 0.15) is 0 Å². The molecule has 0 amide bonds. The summed E-state index contributed by atoms with van der Waals surface area (Å²) >= 11 is 0. The lowest BCUT2D eigenvalue weighted by atomic mass is 9.98. The first-order valence-electron chi connectivity index (χ1n) is 32.2. The van der Waals surface area contributed by atoms with E-state index in [1.807, 2.05) is 105 Å². The fourth-order valence-electron chi connectivity index (χ4n) is 14.0. The zero-order valence-electron chi connectivity index (χ0n) is 53.9. The van der Waals surface area contributed by atoms with Crippen LogP contribution in [0.1, 0.15) is 77.5 Å². The average Bonchev–Trinajstić information content (AvgIpc) is 1.58. The molecule has 0 unspecified atom stereocenters. The monoisotopic (exact) mass is 1330 g/mol. The lowest BCUT2D eigenvalue weighted by Crippen LogP contribution is -2.25. The first-order chi connectivity index (χ1) is 44.9. The van der Waals surface area contributed by atoms with Gasteiger partial charge in [0.25, 0.3) is 30.1 Å². The maximum atomic E-state index is 13.8. The number of rotatable bonds is 9. The Morgan fingerprint density at radius 3 is 1.36 bits per heavy atom. The predicted octanol–water partition coefficient (Wildman–Crippen LogP) is 12.4. The van der Waals surface area contributed by atoms with Crippen molar-refractivity contribution in [2.75, 3.05) is 116 Å². The van der Waals surface area contributed by atoms with Gasteiger partial charge in [-0.25, -0.2) is 42.2 Å². The number of nitrogens with zero attached hydrogens (tertiary/aromatic N) is 10.